The highest BCUT2D eigenvalue weighted by molar-refractivity contribution is 7.13. The number of aryl methyl sites for hydroxylation is 1. The van der Waals surface area contributed by atoms with Crippen molar-refractivity contribution < 1.29 is 9.53 Å². The standard InChI is InChI=1S/C10H11N3O2S/c1-3-15-9(14)8(4-11)5-12-10-13-7(2)6-16-10/h5-6H,3H2,1-2H3,(H,12,13). The number of rotatable bonds is 4. The molecule has 0 aromatic carbocycles. The quantitative estimate of drug-likeness (QED) is 0.491. The van der Waals surface area contributed by atoms with Crippen molar-refractivity contribution in [2.45, 2.75) is 13.8 Å². The van der Waals surface area contributed by atoms with Crippen LogP contribution < -0.4 is 5.32 Å². The van der Waals surface area contributed by atoms with Gasteiger partial charge in [-0.05, 0) is 13.8 Å². The van der Waals surface area contributed by atoms with Crippen LogP contribution in [-0.2, 0) is 9.53 Å². The molecule has 0 radical (unpaired) electrons. The van der Waals surface area contributed by atoms with E-state index in [1.165, 1.54) is 17.5 Å². The zero-order chi connectivity index (χ0) is 12.0. The van der Waals surface area contributed by atoms with Crippen molar-refractivity contribution in [1.29, 1.82) is 5.26 Å². The second-order valence-corrected chi connectivity index (χ2v) is 3.69. The summed E-state index contributed by atoms with van der Waals surface area (Å²) in [7, 11) is 0. The zero-order valence-corrected chi connectivity index (χ0v) is 9.80. The van der Waals surface area contributed by atoms with Gasteiger partial charge in [0.05, 0.1) is 12.3 Å². The number of hydrogen-bond donors (Lipinski definition) is 1. The monoisotopic (exact) mass is 237 g/mol. The van der Waals surface area contributed by atoms with E-state index in [1.807, 2.05) is 12.3 Å². The predicted molar refractivity (Wildman–Crippen MR) is 60.8 cm³/mol. The van der Waals surface area contributed by atoms with Gasteiger partial charge in [0, 0.05) is 11.6 Å². The fourth-order valence-corrected chi connectivity index (χ4v) is 1.56. The lowest BCUT2D eigenvalue weighted by molar-refractivity contribution is -0.138. The Kier molecular flexibility index (Phi) is 4.48. The largest absolute Gasteiger partial charge is 0.462 e. The maximum atomic E-state index is 11.2. The summed E-state index contributed by atoms with van der Waals surface area (Å²) >= 11 is 1.40. The molecule has 1 N–H and O–H groups in total. The van der Waals surface area contributed by atoms with Crippen LogP contribution in [0.3, 0.4) is 0 Å². The lowest BCUT2D eigenvalue weighted by Gasteiger charge is -1.99. The number of ether oxygens (including phenoxy) is 1. The van der Waals surface area contributed by atoms with Crippen LogP contribution in [0.2, 0.25) is 0 Å². The van der Waals surface area contributed by atoms with E-state index in [2.05, 4.69) is 10.3 Å². The molecule has 84 valence electrons. The van der Waals surface area contributed by atoms with Crippen LogP contribution in [0.25, 0.3) is 0 Å². The first-order valence-corrected chi connectivity index (χ1v) is 5.51. The summed E-state index contributed by atoms with van der Waals surface area (Å²) in [6.45, 7) is 3.79. The zero-order valence-electron chi connectivity index (χ0n) is 8.98. The number of nitrogens with zero attached hydrogens (tertiary/aromatic N) is 2. The summed E-state index contributed by atoms with van der Waals surface area (Å²) in [5, 5.41) is 14.0. The first-order chi connectivity index (χ1) is 7.67. The molecule has 0 aliphatic rings. The topological polar surface area (TPSA) is 75.0 Å². The molecule has 0 spiro atoms. The molecule has 1 aromatic heterocycles. The van der Waals surface area contributed by atoms with Gasteiger partial charge in [0.15, 0.2) is 10.7 Å². The van der Waals surface area contributed by atoms with Crippen molar-refractivity contribution in [2.75, 3.05) is 11.9 Å². The van der Waals surface area contributed by atoms with Gasteiger partial charge in [0.1, 0.15) is 6.07 Å². The number of carbonyl (C=O) groups excluding carboxylic acids is 1. The molecular weight excluding hydrogens is 226 g/mol. The fourth-order valence-electron chi connectivity index (χ4n) is 0.900. The average Bonchev–Trinajstić information content (AvgIpc) is 2.65. The summed E-state index contributed by atoms with van der Waals surface area (Å²) in [4.78, 5) is 15.4. The molecule has 0 bridgehead atoms. The van der Waals surface area contributed by atoms with Gasteiger partial charge in [-0.2, -0.15) is 5.26 Å². The molecule has 1 aromatic rings. The van der Waals surface area contributed by atoms with E-state index < -0.39 is 5.97 Å². The van der Waals surface area contributed by atoms with Gasteiger partial charge in [-0.15, -0.1) is 11.3 Å². The number of nitriles is 1. The second-order valence-electron chi connectivity index (χ2n) is 2.83. The summed E-state index contributed by atoms with van der Waals surface area (Å²) in [6.07, 6.45) is 1.30. The van der Waals surface area contributed by atoms with Crippen LogP contribution in [0.5, 0.6) is 0 Å². The van der Waals surface area contributed by atoms with Crippen molar-refractivity contribution >= 4 is 22.4 Å². The number of anilines is 1. The molecule has 0 fully saturated rings. The van der Waals surface area contributed by atoms with Crippen LogP contribution in [-0.4, -0.2) is 17.6 Å². The molecule has 5 nitrogen and oxygen atoms in total. The van der Waals surface area contributed by atoms with E-state index in [0.29, 0.717) is 5.13 Å². The highest BCUT2D eigenvalue weighted by atomic mass is 32.1. The Hall–Kier alpha value is -1.87. The molecule has 0 saturated heterocycles. The van der Waals surface area contributed by atoms with Gasteiger partial charge in [-0.3, -0.25) is 0 Å². The maximum Gasteiger partial charge on any atom is 0.350 e. The second kappa shape index (κ2) is 5.88. The Labute approximate surface area is 97.4 Å². The molecule has 1 rings (SSSR count). The normalized spacial score (nSPS) is 10.7. The van der Waals surface area contributed by atoms with Crippen molar-refractivity contribution in [3.05, 3.63) is 22.8 Å². The minimum atomic E-state index is -0.634. The highest BCUT2D eigenvalue weighted by Gasteiger charge is 2.09. The van der Waals surface area contributed by atoms with Gasteiger partial charge < -0.3 is 10.1 Å². The summed E-state index contributed by atoms with van der Waals surface area (Å²) in [6, 6.07) is 1.76. The number of nitrogens with one attached hydrogen (secondary N) is 1. The first kappa shape index (κ1) is 12.2. The summed E-state index contributed by atoms with van der Waals surface area (Å²) in [5.74, 6) is -0.634. The third-order valence-electron chi connectivity index (χ3n) is 1.57. The highest BCUT2D eigenvalue weighted by Crippen LogP contribution is 2.14. The maximum absolute atomic E-state index is 11.2. The van der Waals surface area contributed by atoms with Crippen LogP contribution in [0, 0.1) is 18.3 Å². The van der Waals surface area contributed by atoms with Crippen molar-refractivity contribution in [2.24, 2.45) is 0 Å². The van der Waals surface area contributed by atoms with Gasteiger partial charge >= 0.3 is 5.97 Å². The van der Waals surface area contributed by atoms with Gasteiger partial charge in [0.25, 0.3) is 0 Å². The van der Waals surface area contributed by atoms with Crippen molar-refractivity contribution in [1.82, 2.24) is 4.98 Å². The number of esters is 1. The van der Waals surface area contributed by atoms with E-state index in [9.17, 15) is 4.79 Å². The SMILES string of the molecule is CCOC(=O)C(C#N)=CNc1nc(C)cs1. The minimum absolute atomic E-state index is 0.0743. The summed E-state index contributed by atoms with van der Waals surface area (Å²) in [5.41, 5.74) is 0.810. The van der Waals surface area contributed by atoms with Gasteiger partial charge in [-0.1, -0.05) is 0 Å². The predicted octanol–water partition coefficient (Wildman–Crippen LogP) is 1.83. The van der Waals surface area contributed by atoms with E-state index >= 15 is 0 Å². The Morgan fingerprint density at radius 2 is 2.56 bits per heavy atom. The number of hydrogen-bond acceptors (Lipinski definition) is 6. The molecule has 16 heavy (non-hydrogen) atoms. The molecule has 0 unspecified atom stereocenters. The van der Waals surface area contributed by atoms with Crippen LogP contribution in [0.4, 0.5) is 5.13 Å². The van der Waals surface area contributed by atoms with Crippen molar-refractivity contribution in [3.8, 4) is 6.07 Å². The van der Waals surface area contributed by atoms with Gasteiger partial charge in [0.2, 0.25) is 0 Å². The molecular formula is C10H11N3O2S. The molecule has 0 aliphatic heterocycles. The van der Waals surface area contributed by atoms with Gasteiger partial charge in [-0.25, -0.2) is 9.78 Å². The van der Waals surface area contributed by atoms with E-state index in [0.717, 1.165) is 5.69 Å². The number of thiazole rings is 1. The Morgan fingerprint density at radius 1 is 1.81 bits per heavy atom. The number of aromatic nitrogens is 1. The molecule has 6 heteroatoms. The fraction of sp³-hybridized carbons (Fsp3) is 0.300. The summed E-state index contributed by atoms with van der Waals surface area (Å²) < 4.78 is 4.70. The Morgan fingerprint density at radius 3 is 3.06 bits per heavy atom. The van der Waals surface area contributed by atoms with E-state index in [4.69, 9.17) is 10.00 Å². The average molecular weight is 237 g/mol. The lowest BCUT2D eigenvalue weighted by atomic mass is 10.3. The van der Waals surface area contributed by atoms with Crippen LogP contribution in [0.15, 0.2) is 17.2 Å². The first-order valence-electron chi connectivity index (χ1n) is 4.63. The van der Waals surface area contributed by atoms with Crippen molar-refractivity contribution in [3.63, 3.8) is 0 Å². The van der Waals surface area contributed by atoms with E-state index in [1.54, 1.807) is 13.0 Å². The smallest absolute Gasteiger partial charge is 0.350 e. The Balaban J connectivity index is 2.67. The molecule has 0 amide bonds. The van der Waals surface area contributed by atoms with Crippen LogP contribution >= 0.6 is 11.3 Å². The molecule has 0 aliphatic carbocycles. The third kappa shape index (κ3) is 3.37. The third-order valence-corrected chi connectivity index (χ3v) is 2.47. The molecule has 0 saturated carbocycles. The minimum Gasteiger partial charge on any atom is -0.462 e. The molecule has 0 atom stereocenters. The molecule has 1 heterocycles. The van der Waals surface area contributed by atoms with Crippen LogP contribution in [0.1, 0.15) is 12.6 Å². The Bertz CT molecular complexity index is 445. The number of carbonyl (C=O) groups is 1. The lowest BCUT2D eigenvalue weighted by Crippen LogP contribution is -2.07. The van der Waals surface area contributed by atoms with E-state index in [-0.39, 0.29) is 12.2 Å².